The summed E-state index contributed by atoms with van der Waals surface area (Å²) in [4.78, 5) is 23.6. The molecule has 0 aromatic heterocycles. The molecule has 0 saturated carbocycles. The van der Waals surface area contributed by atoms with Crippen LogP contribution in [0.25, 0.3) is 0 Å². The second kappa shape index (κ2) is 13.8. The van der Waals surface area contributed by atoms with E-state index in [-0.39, 0.29) is 26.0 Å². The van der Waals surface area contributed by atoms with Crippen molar-refractivity contribution in [3.8, 4) is 0 Å². The number of benzene rings is 2. The van der Waals surface area contributed by atoms with Crippen molar-refractivity contribution in [2.75, 3.05) is 13.2 Å². The number of hydrogen-bond donors (Lipinski definition) is 4. The third-order valence-corrected chi connectivity index (χ3v) is 5.32. The first-order chi connectivity index (χ1) is 17.0. The van der Waals surface area contributed by atoms with Crippen molar-refractivity contribution in [3.63, 3.8) is 0 Å². The number of hydrogen-bond acceptors (Lipinski definition) is 8. The van der Waals surface area contributed by atoms with Crippen LogP contribution in [0.3, 0.4) is 0 Å². The lowest BCUT2D eigenvalue weighted by Crippen LogP contribution is -2.48. The van der Waals surface area contributed by atoms with Crippen LogP contribution in [0.4, 0.5) is 18.0 Å². The molecular formula is C24H31F3N4O5. The molecule has 0 bridgehead atoms. The van der Waals surface area contributed by atoms with E-state index in [9.17, 15) is 22.8 Å². The number of primary amides is 1. The number of esters is 1. The minimum atomic E-state index is -4.99. The van der Waals surface area contributed by atoms with Gasteiger partial charge in [-0.05, 0) is 11.1 Å². The standard InChI is InChI=1S/C24H31F3N4O5/c25-24(26,27)21(30)22(32)35-17(12-18(29)16-9-5-2-6-10-16)14-34-20(13-28)19(36-23(31)33)11-15-7-3-1-4-8-15/h1-10,17-21H,11-14,28-30H2,(H2,31,33). The summed E-state index contributed by atoms with van der Waals surface area (Å²) in [5, 5.41) is 0. The molecule has 0 fully saturated rings. The Labute approximate surface area is 206 Å². The topological polar surface area (TPSA) is 166 Å². The van der Waals surface area contributed by atoms with Gasteiger partial charge in [0.2, 0.25) is 0 Å². The maximum atomic E-state index is 12.9. The Balaban J connectivity index is 2.17. The van der Waals surface area contributed by atoms with Gasteiger partial charge in [0.15, 0.2) is 6.04 Å². The molecule has 9 nitrogen and oxygen atoms in total. The molecular weight excluding hydrogens is 481 g/mol. The highest BCUT2D eigenvalue weighted by Crippen LogP contribution is 2.23. The van der Waals surface area contributed by atoms with Gasteiger partial charge < -0.3 is 37.1 Å². The van der Waals surface area contributed by atoms with Gasteiger partial charge in [-0.1, -0.05) is 60.7 Å². The monoisotopic (exact) mass is 512 g/mol. The summed E-state index contributed by atoms with van der Waals surface area (Å²) in [5.41, 5.74) is 23.7. The quantitative estimate of drug-likeness (QED) is 0.296. The average molecular weight is 513 g/mol. The number of ether oxygens (including phenoxy) is 3. The number of alkyl halides is 3. The van der Waals surface area contributed by atoms with Crippen molar-refractivity contribution in [3.05, 3.63) is 71.8 Å². The molecule has 0 spiro atoms. The number of halogens is 3. The molecule has 0 aliphatic heterocycles. The van der Waals surface area contributed by atoms with E-state index < -0.39 is 48.6 Å². The predicted molar refractivity (Wildman–Crippen MR) is 125 cm³/mol. The van der Waals surface area contributed by atoms with E-state index in [4.69, 9.17) is 37.1 Å². The molecule has 36 heavy (non-hydrogen) atoms. The highest BCUT2D eigenvalue weighted by molar-refractivity contribution is 5.76. The fourth-order valence-electron chi connectivity index (χ4n) is 3.44. The second-order valence-corrected chi connectivity index (χ2v) is 8.10. The molecule has 198 valence electrons. The molecule has 12 heteroatoms. The second-order valence-electron chi connectivity index (χ2n) is 8.10. The first kappa shape index (κ1) is 29.0. The zero-order valence-electron chi connectivity index (χ0n) is 19.5. The van der Waals surface area contributed by atoms with Crippen molar-refractivity contribution >= 4 is 12.1 Å². The van der Waals surface area contributed by atoms with Crippen LogP contribution in [-0.4, -0.2) is 55.7 Å². The Morgan fingerprint density at radius 1 is 0.889 bits per heavy atom. The maximum Gasteiger partial charge on any atom is 0.414 e. The van der Waals surface area contributed by atoms with Crippen molar-refractivity contribution in [1.29, 1.82) is 0 Å². The lowest BCUT2D eigenvalue weighted by Gasteiger charge is -2.29. The van der Waals surface area contributed by atoms with Crippen LogP contribution in [-0.2, 0) is 25.4 Å². The van der Waals surface area contributed by atoms with Crippen molar-refractivity contribution < 1.29 is 37.0 Å². The van der Waals surface area contributed by atoms with Gasteiger partial charge in [0, 0.05) is 25.4 Å². The zero-order chi connectivity index (χ0) is 26.7. The van der Waals surface area contributed by atoms with Gasteiger partial charge in [-0.2, -0.15) is 13.2 Å². The van der Waals surface area contributed by atoms with Crippen LogP contribution < -0.4 is 22.9 Å². The fourth-order valence-corrected chi connectivity index (χ4v) is 3.44. The maximum absolute atomic E-state index is 12.9. The van der Waals surface area contributed by atoms with E-state index in [1.807, 2.05) is 6.07 Å². The summed E-state index contributed by atoms with van der Waals surface area (Å²) in [5.74, 6) is -1.67. The summed E-state index contributed by atoms with van der Waals surface area (Å²) in [6, 6.07) is 14.2. The van der Waals surface area contributed by atoms with Gasteiger partial charge in [0.05, 0.1) is 6.61 Å². The number of carbonyl (C=O) groups is 2. The van der Waals surface area contributed by atoms with Gasteiger partial charge in [0.1, 0.15) is 18.3 Å². The van der Waals surface area contributed by atoms with E-state index >= 15 is 0 Å². The first-order valence-electron chi connectivity index (χ1n) is 11.2. The summed E-state index contributed by atoms with van der Waals surface area (Å²) in [6.45, 7) is -0.510. The Morgan fingerprint density at radius 2 is 1.47 bits per heavy atom. The molecule has 5 atom stereocenters. The van der Waals surface area contributed by atoms with Gasteiger partial charge >= 0.3 is 18.2 Å². The van der Waals surface area contributed by atoms with E-state index in [0.29, 0.717) is 5.56 Å². The minimum Gasteiger partial charge on any atom is -0.458 e. The summed E-state index contributed by atoms with van der Waals surface area (Å²) in [6.07, 6.45) is -8.94. The number of rotatable bonds is 13. The average Bonchev–Trinajstić information content (AvgIpc) is 2.83. The van der Waals surface area contributed by atoms with E-state index in [0.717, 1.165) is 5.56 Å². The number of nitrogens with two attached hydrogens (primary N) is 4. The lowest BCUT2D eigenvalue weighted by molar-refractivity contribution is -0.186. The molecule has 0 saturated heterocycles. The minimum absolute atomic E-state index is 0.0718. The molecule has 0 aliphatic carbocycles. The molecule has 0 radical (unpaired) electrons. The van der Waals surface area contributed by atoms with Gasteiger partial charge in [0.25, 0.3) is 0 Å². The Morgan fingerprint density at radius 3 is 2.00 bits per heavy atom. The molecule has 2 rings (SSSR count). The molecule has 1 amide bonds. The van der Waals surface area contributed by atoms with Gasteiger partial charge in [-0.15, -0.1) is 0 Å². The third-order valence-electron chi connectivity index (χ3n) is 5.32. The third kappa shape index (κ3) is 9.46. The molecule has 2 aromatic carbocycles. The highest BCUT2D eigenvalue weighted by atomic mass is 19.4. The molecule has 8 N–H and O–H groups in total. The van der Waals surface area contributed by atoms with Crippen molar-refractivity contribution in [1.82, 2.24) is 0 Å². The van der Waals surface area contributed by atoms with Gasteiger partial charge in [-0.3, -0.25) is 0 Å². The Kier molecular flexibility index (Phi) is 11.1. The Hall–Kier alpha value is -3.19. The molecule has 0 aliphatic rings. The van der Waals surface area contributed by atoms with Crippen molar-refractivity contribution in [2.45, 2.75) is 49.4 Å². The van der Waals surface area contributed by atoms with E-state index in [2.05, 4.69) is 0 Å². The fraction of sp³-hybridized carbons (Fsp3) is 0.417. The number of amides is 1. The van der Waals surface area contributed by atoms with E-state index in [1.165, 1.54) is 0 Å². The molecule has 5 unspecified atom stereocenters. The van der Waals surface area contributed by atoms with Gasteiger partial charge in [-0.25, -0.2) is 9.59 Å². The Bertz CT molecular complexity index is 950. The number of carbonyl (C=O) groups excluding carboxylic acids is 2. The smallest absolute Gasteiger partial charge is 0.414 e. The van der Waals surface area contributed by atoms with Crippen LogP contribution in [0.2, 0.25) is 0 Å². The van der Waals surface area contributed by atoms with Crippen LogP contribution in [0.5, 0.6) is 0 Å². The van der Waals surface area contributed by atoms with Crippen LogP contribution >= 0.6 is 0 Å². The van der Waals surface area contributed by atoms with E-state index in [1.54, 1.807) is 54.6 Å². The SMILES string of the molecule is NCC(OCC(CC(N)c1ccccc1)OC(=O)C(N)C(F)(F)F)C(Cc1ccccc1)OC(N)=O. The highest BCUT2D eigenvalue weighted by Gasteiger charge is 2.44. The summed E-state index contributed by atoms with van der Waals surface area (Å²) in [7, 11) is 0. The molecule has 2 aromatic rings. The van der Waals surface area contributed by atoms with Crippen LogP contribution in [0, 0.1) is 0 Å². The zero-order valence-corrected chi connectivity index (χ0v) is 19.5. The van der Waals surface area contributed by atoms with Crippen LogP contribution in [0.1, 0.15) is 23.6 Å². The summed E-state index contributed by atoms with van der Waals surface area (Å²) < 4.78 is 54.8. The predicted octanol–water partition coefficient (Wildman–Crippen LogP) is 1.93. The normalized spacial score (nSPS) is 15.8. The summed E-state index contributed by atoms with van der Waals surface area (Å²) >= 11 is 0. The largest absolute Gasteiger partial charge is 0.458 e. The lowest BCUT2D eigenvalue weighted by atomic mass is 10.0. The van der Waals surface area contributed by atoms with Crippen molar-refractivity contribution in [2.24, 2.45) is 22.9 Å². The van der Waals surface area contributed by atoms with Crippen LogP contribution in [0.15, 0.2) is 60.7 Å². The molecule has 0 heterocycles. The first-order valence-corrected chi connectivity index (χ1v) is 11.2.